The van der Waals surface area contributed by atoms with Crippen LogP contribution in [0.4, 0.5) is 0 Å². The molecule has 0 aromatic heterocycles. The molecule has 0 aliphatic carbocycles. The van der Waals surface area contributed by atoms with Gasteiger partial charge >= 0.3 is 5.97 Å². The molecule has 1 aliphatic rings. The van der Waals surface area contributed by atoms with Gasteiger partial charge in [0.2, 0.25) is 0 Å². The lowest BCUT2D eigenvalue weighted by Crippen LogP contribution is -2.21. The minimum Gasteiger partial charge on any atom is -0.478 e. The van der Waals surface area contributed by atoms with E-state index in [0.29, 0.717) is 26.1 Å². The maximum atomic E-state index is 10.8. The number of aliphatic carboxylic acids is 1. The Morgan fingerprint density at radius 3 is 2.23 bits per heavy atom. The highest BCUT2D eigenvalue weighted by atomic mass is 35.5. The third-order valence-corrected chi connectivity index (χ3v) is 2.47. The number of ether oxygens (including phenoxy) is 1. The van der Waals surface area contributed by atoms with Gasteiger partial charge in [-0.15, -0.1) is 0 Å². The second kappa shape index (κ2) is 4.84. The quantitative estimate of drug-likeness (QED) is 0.732. The molecule has 5 heteroatoms. The van der Waals surface area contributed by atoms with E-state index in [-0.39, 0.29) is 16.0 Å². The molecule has 0 unspecified atom stereocenters. The van der Waals surface area contributed by atoms with Crippen LogP contribution in [-0.4, -0.2) is 24.3 Å². The predicted molar refractivity (Wildman–Crippen MR) is 49.9 cm³/mol. The molecule has 0 radical (unpaired) electrons. The number of hydrogen-bond donors (Lipinski definition) is 1. The van der Waals surface area contributed by atoms with Gasteiger partial charge in [0.05, 0.1) is 5.57 Å². The van der Waals surface area contributed by atoms with Gasteiger partial charge in [-0.3, -0.25) is 0 Å². The summed E-state index contributed by atoms with van der Waals surface area (Å²) in [4.78, 5) is 10.8. The van der Waals surface area contributed by atoms with Crippen molar-refractivity contribution < 1.29 is 14.6 Å². The standard InChI is InChI=1S/C8H10Cl2O3/c9-7(10)6(8(11)12)5-1-3-13-4-2-5/h5H,1-4H2,(H,11,12). The van der Waals surface area contributed by atoms with E-state index in [0.717, 1.165) is 0 Å². The molecule has 1 heterocycles. The zero-order valence-corrected chi connectivity index (χ0v) is 8.44. The van der Waals surface area contributed by atoms with E-state index in [1.807, 2.05) is 0 Å². The minimum absolute atomic E-state index is 0.0729. The van der Waals surface area contributed by atoms with Gasteiger partial charge in [-0.1, -0.05) is 23.2 Å². The van der Waals surface area contributed by atoms with Crippen LogP contribution in [0.1, 0.15) is 12.8 Å². The molecule has 0 spiro atoms. The molecule has 0 aromatic rings. The van der Waals surface area contributed by atoms with E-state index in [4.69, 9.17) is 33.0 Å². The Morgan fingerprint density at radius 2 is 1.85 bits per heavy atom. The number of carboxylic acids is 1. The van der Waals surface area contributed by atoms with Crippen LogP contribution in [-0.2, 0) is 9.53 Å². The monoisotopic (exact) mass is 224 g/mol. The molecule has 1 saturated heterocycles. The molecular weight excluding hydrogens is 215 g/mol. The molecule has 1 aliphatic heterocycles. The summed E-state index contributed by atoms with van der Waals surface area (Å²) in [5.41, 5.74) is 0.117. The van der Waals surface area contributed by atoms with Crippen molar-refractivity contribution in [3.63, 3.8) is 0 Å². The van der Waals surface area contributed by atoms with Crippen molar-refractivity contribution in [2.24, 2.45) is 5.92 Å². The summed E-state index contributed by atoms with van der Waals surface area (Å²) < 4.78 is 4.97. The van der Waals surface area contributed by atoms with Crippen LogP contribution in [0.5, 0.6) is 0 Å². The van der Waals surface area contributed by atoms with Crippen LogP contribution in [0.25, 0.3) is 0 Å². The topological polar surface area (TPSA) is 46.5 Å². The van der Waals surface area contributed by atoms with Crippen LogP contribution >= 0.6 is 23.2 Å². The Bertz CT molecular complexity index is 228. The summed E-state index contributed by atoms with van der Waals surface area (Å²) in [5, 5.41) is 8.83. The van der Waals surface area contributed by atoms with E-state index in [9.17, 15) is 4.79 Å². The Hall–Kier alpha value is -0.250. The lowest BCUT2D eigenvalue weighted by Gasteiger charge is -2.22. The minimum atomic E-state index is -1.04. The lowest BCUT2D eigenvalue weighted by molar-refractivity contribution is -0.133. The molecule has 74 valence electrons. The molecule has 0 aromatic carbocycles. The van der Waals surface area contributed by atoms with E-state index < -0.39 is 5.97 Å². The average Bonchev–Trinajstić information content (AvgIpc) is 2.04. The number of carboxylic acid groups (broad SMARTS) is 1. The Labute approximate surface area is 86.3 Å². The van der Waals surface area contributed by atoms with Crippen LogP contribution in [0, 0.1) is 5.92 Å². The van der Waals surface area contributed by atoms with E-state index in [2.05, 4.69) is 0 Å². The highest BCUT2D eigenvalue weighted by Gasteiger charge is 2.25. The van der Waals surface area contributed by atoms with Crippen molar-refractivity contribution in [2.45, 2.75) is 12.8 Å². The molecule has 0 atom stereocenters. The normalized spacial score (nSPS) is 18.3. The van der Waals surface area contributed by atoms with Crippen molar-refractivity contribution in [1.82, 2.24) is 0 Å². The molecule has 3 nitrogen and oxygen atoms in total. The van der Waals surface area contributed by atoms with E-state index in [1.165, 1.54) is 0 Å². The SMILES string of the molecule is O=C(O)C(=C(Cl)Cl)C1CCOCC1. The van der Waals surface area contributed by atoms with Gasteiger partial charge in [-0.05, 0) is 18.8 Å². The Morgan fingerprint density at radius 1 is 1.31 bits per heavy atom. The van der Waals surface area contributed by atoms with Crippen LogP contribution in [0.15, 0.2) is 10.1 Å². The summed E-state index contributed by atoms with van der Waals surface area (Å²) in [6.45, 7) is 1.14. The van der Waals surface area contributed by atoms with E-state index in [1.54, 1.807) is 0 Å². The first-order valence-electron chi connectivity index (χ1n) is 3.99. The van der Waals surface area contributed by atoms with Crippen molar-refractivity contribution in [2.75, 3.05) is 13.2 Å². The summed E-state index contributed by atoms with van der Waals surface area (Å²) >= 11 is 11.0. The zero-order chi connectivity index (χ0) is 9.84. The fourth-order valence-electron chi connectivity index (χ4n) is 1.40. The zero-order valence-electron chi connectivity index (χ0n) is 6.93. The first-order chi connectivity index (χ1) is 6.13. The molecule has 1 fully saturated rings. The number of rotatable bonds is 2. The second-order valence-corrected chi connectivity index (χ2v) is 3.82. The lowest BCUT2D eigenvalue weighted by atomic mass is 9.92. The fourth-order valence-corrected chi connectivity index (χ4v) is 1.87. The molecule has 0 amide bonds. The highest BCUT2D eigenvalue weighted by molar-refractivity contribution is 6.57. The number of hydrogen-bond acceptors (Lipinski definition) is 2. The largest absolute Gasteiger partial charge is 0.478 e. The third kappa shape index (κ3) is 2.86. The van der Waals surface area contributed by atoms with Crippen molar-refractivity contribution in [3.8, 4) is 0 Å². The second-order valence-electron chi connectivity index (χ2n) is 2.87. The molecule has 1 N–H and O–H groups in total. The summed E-state index contributed by atoms with van der Waals surface area (Å²) in [5.74, 6) is -1.11. The predicted octanol–water partition coefficient (Wildman–Crippen LogP) is 2.19. The molecule has 0 bridgehead atoms. The van der Waals surface area contributed by atoms with Gasteiger partial charge in [0.25, 0.3) is 0 Å². The maximum Gasteiger partial charge on any atom is 0.334 e. The van der Waals surface area contributed by atoms with Crippen LogP contribution < -0.4 is 0 Å². The van der Waals surface area contributed by atoms with Crippen molar-refractivity contribution >= 4 is 29.2 Å². The van der Waals surface area contributed by atoms with Gasteiger partial charge in [0, 0.05) is 13.2 Å². The smallest absolute Gasteiger partial charge is 0.334 e. The first kappa shape index (κ1) is 10.8. The molecular formula is C8H10Cl2O3. The van der Waals surface area contributed by atoms with Gasteiger partial charge in [0.15, 0.2) is 0 Å². The van der Waals surface area contributed by atoms with Crippen LogP contribution in [0.3, 0.4) is 0 Å². The van der Waals surface area contributed by atoms with Crippen molar-refractivity contribution in [1.29, 1.82) is 0 Å². The van der Waals surface area contributed by atoms with Gasteiger partial charge in [0.1, 0.15) is 4.49 Å². The summed E-state index contributed by atoms with van der Waals surface area (Å²) in [6, 6.07) is 0. The molecule has 0 saturated carbocycles. The summed E-state index contributed by atoms with van der Waals surface area (Å²) in [6.07, 6.45) is 1.34. The van der Waals surface area contributed by atoms with Gasteiger partial charge < -0.3 is 9.84 Å². The first-order valence-corrected chi connectivity index (χ1v) is 4.74. The van der Waals surface area contributed by atoms with Crippen LogP contribution in [0.2, 0.25) is 0 Å². The Balaban J connectivity index is 2.75. The molecule has 1 rings (SSSR count). The third-order valence-electron chi connectivity index (χ3n) is 2.06. The summed E-state index contributed by atoms with van der Waals surface area (Å²) in [7, 11) is 0. The number of carbonyl (C=O) groups is 1. The Kier molecular flexibility index (Phi) is 4.03. The van der Waals surface area contributed by atoms with E-state index >= 15 is 0 Å². The number of halogens is 2. The average molecular weight is 225 g/mol. The van der Waals surface area contributed by atoms with Crippen molar-refractivity contribution in [3.05, 3.63) is 10.1 Å². The van der Waals surface area contributed by atoms with Gasteiger partial charge in [-0.2, -0.15) is 0 Å². The molecule has 13 heavy (non-hydrogen) atoms. The maximum absolute atomic E-state index is 10.8. The fraction of sp³-hybridized carbons (Fsp3) is 0.625. The highest BCUT2D eigenvalue weighted by Crippen LogP contribution is 2.29. The van der Waals surface area contributed by atoms with Gasteiger partial charge in [-0.25, -0.2) is 4.79 Å².